The molecule has 2 aliphatic rings. The van der Waals surface area contributed by atoms with Gasteiger partial charge in [0.15, 0.2) is 5.69 Å². The van der Waals surface area contributed by atoms with Crippen LogP contribution in [0.4, 0.5) is 0 Å². The van der Waals surface area contributed by atoms with Crippen LogP contribution in [0.15, 0.2) is 29.9 Å². The second-order valence-electron chi connectivity index (χ2n) is 6.33. The van der Waals surface area contributed by atoms with E-state index in [1.165, 1.54) is 11.5 Å². The van der Waals surface area contributed by atoms with Crippen LogP contribution in [0.3, 0.4) is 0 Å². The number of carbonyl (C=O) groups excluding carboxylic acids is 2. The van der Waals surface area contributed by atoms with E-state index in [9.17, 15) is 9.59 Å². The average molecular weight is 343 g/mol. The molecule has 2 fully saturated rings. The highest BCUT2D eigenvalue weighted by Gasteiger charge is 2.49. The minimum atomic E-state index is -0.281. The number of amides is 2. The van der Waals surface area contributed by atoms with Gasteiger partial charge in [0.25, 0.3) is 5.91 Å². The summed E-state index contributed by atoms with van der Waals surface area (Å²) in [6.45, 7) is 1.21. The first-order valence-electron chi connectivity index (χ1n) is 7.95. The molecule has 2 aromatic rings. The fourth-order valence-corrected chi connectivity index (χ4v) is 4.25. The highest BCUT2D eigenvalue weighted by atomic mass is 32.1. The Hall–Kier alpha value is -2.35. The van der Waals surface area contributed by atoms with Crippen molar-refractivity contribution in [3.8, 4) is 0 Å². The van der Waals surface area contributed by atoms with E-state index in [-0.39, 0.29) is 23.3 Å². The highest BCUT2D eigenvalue weighted by Crippen LogP contribution is 2.43. The maximum absolute atomic E-state index is 12.4. The Morgan fingerprint density at radius 1 is 1.38 bits per heavy atom. The zero-order valence-electron chi connectivity index (χ0n) is 13.0. The molecule has 0 radical (unpaired) electrons. The summed E-state index contributed by atoms with van der Waals surface area (Å²) in [7, 11) is 0. The molecule has 7 nitrogen and oxygen atoms in total. The van der Waals surface area contributed by atoms with Crippen molar-refractivity contribution in [3.05, 3.63) is 41.2 Å². The van der Waals surface area contributed by atoms with E-state index in [0.717, 1.165) is 18.4 Å². The van der Waals surface area contributed by atoms with Crippen molar-refractivity contribution in [3.63, 3.8) is 0 Å². The number of pyridine rings is 1. The summed E-state index contributed by atoms with van der Waals surface area (Å²) in [6.07, 6.45) is 5.54. The van der Waals surface area contributed by atoms with Crippen LogP contribution >= 0.6 is 11.5 Å². The standard InChI is InChI=1S/C16H17N5O2S/c22-14-8-12(11-2-1-5-17-9-11)16(18-14)3-6-21(7-4-16)15(23)13-10-24-20-19-13/h1-2,5,9-10,12H,3-4,6-8H2,(H,18,22). The monoisotopic (exact) mass is 343 g/mol. The molecule has 2 aromatic heterocycles. The summed E-state index contributed by atoms with van der Waals surface area (Å²) in [5.41, 5.74) is 1.20. The molecule has 1 atom stereocenters. The zero-order chi connectivity index (χ0) is 16.6. The summed E-state index contributed by atoms with van der Waals surface area (Å²) in [6, 6.07) is 3.93. The molecule has 0 aliphatic carbocycles. The van der Waals surface area contributed by atoms with E-state index in [2.05, 4.69) is 19.9 Å². The maximum Gasteiger partial charge on any atom is 0.275 e. The molecule has 0 bridgehead atoms. The van der Waals surface area contributed by atoms with Gasteiger partial charge >= 0.3 is 0 Å². The van der Waals surface area contributed by atoms with Gasteiger partial charge in [0.1, 0.15) is 0 Å². The van der Waals surface area contributed by atoms with E-state index in [0.29, 0.717) is 25.2 Å². The van der Waals surface area contributed by atoms with Crippen LogP contribution in [0.5, 0.6) is 0 Å². The minimum Gasteiger partial charge on any atom is -0.350 e. The van der Waals surface area contributed by atoms with Crippen molar-refractivity contribution in [2.75, 3.05) is 13.1 Å². The Morgan fingerprint density at radius 2 is 2.21 bits per heavy atom. The van der Waals surface area contributed by atoms with Crippen molar-refractivity contribution in [2.45, 2.75) is 30.7 Å². The fourth-order valence-electron chi connectivity index (χ4n) is 3.82. The Balaban J connectivity index is 1.52. The molecule has 4 heterocycles. The van der Waals surface area contributed by atoms with Crippen LogP contribution in [-0.2, 0) is 4.79 Å². The first-order chi connectivity index (χ1) is 11.7. The Bertz CT molecular complexity index is 741. The van der Waals surface area contributed by atoms with Gasteiger partial charge in [-0.3, -0.25) is 14.6 Å². The van der Waals surface area contributed by atoms with Gasteiger partial charge in [-0.15, -0.1) is 5.10 Å². The second-order valence-corrected chi connectivity index (χ2v) is 6.94. The molecule has 0 saturated carbocycles. The largest absolute Gasteiger partial charge is 0.350 e. The average Bonchev–Trinajstić information content (AvgIpc) is 3.24. The molecule has 2 amide bonds. The molecule has 0 aromatic carbocycles. The number of nitrogens with zero attached hydrogens (tertiary/aromatic N) is 4. The molecule has 124 valence electrons. The van der Waals surface area contributed by atoms with Gasteiger partial charge in [0, 0.05) is 43.2 Å². The number of hydrogen-bond donors (Lipinski definition) is 1. The van der Waals surface area contributed by atoms with Crippen LogP contribution in [0.2, 0.25) is 0 Å². The van der Waals surface area contributed by atoms with Gasteiger partial charge in [0.05, 0.1) is 5.54 Å². The number of piperidine rings is 1. The predicted octanol–water partition coefficient (Wildman–Crippen LogP) is 1.21. The summed E-state index contributed by atoms with van der Waals surface area (Å²) >= 11 is 1.18. The van der Waals surface area contributed by atoms with Crippen molar-refractivity contribution in [1.82, 2.24) is 24.8 Å². The van der Waals surface area contributed by atoms with Crippen LogP contribution in [0.25, 0.3) is 0 Å². The third-order valence-electron chi connectivity index (χ3n) is 5.05. The second kappa shape index (κ2) is 5.94. The molecular weight excluding hydrogens is 326 g/mol. The minimum absolute atomic E-state index is 0.0762. The summed E-state index contributed by atoms with van der Waals surface area (Å²) < 4.78 is 3.75. The van der Waals surface area contributed by atoms with E-state index in [4.69, 9.17) is 0 Å². The first kappa shape index (κ1) is 15.2. The quantitative estimate of drug-likeness (QED) is 0.885. The van der Waals surface area contributed by atoms with Crippen LogP contribution in [0.1, 0.15) is 41.2 Å². The van der Waals surface area contributed by atoms with Crippen molar-refractivity contribution in [2.24, 2.45) is 0 Å². The Morgan fingerprint density at radius 3 is 2.88 bits per heavy atom. The van der Waals surface area contributed by atoms with Gasteiger partial charge in [0.2, 0.25) is 5.91 Å². The van der Waals surface area contributed by atoms with E-state index >= 15 is 0 Å². The van der Waals surface area contributed by atoms with Crippen molar-refractivity contribution < 1.29 is 9.59 Å². The molecular formula is C16H17N5O2S. The predicted molar refractivity (Wildman–Crippen MR) is 87.5 cm³/mol. The molecule has 2 aliphatic heterocycles. The Labute approximate surface area is 143 Å². The molecule has 8 heteroatoms. The van der Waals surface area contributed by atoms with Crippen LogP contribution in [0, 0.1) is 0 Å². The SMILES string of the molecule is O=C1CC(c2cccnc2)C2(CCN(C(=O)c3csnn3)CC2)N1. The van der Waals surface area contributed by atoms with E-state index in [1.54, 1.807) is 16.5 Å². The topological polar surface area (TPSA) is 88.1 Å². The third-order valence-corrected chi connectivity index (χ3v) is 5.56. The van der Waals surface area contributed by atoms with Crippen LogP contribution < -0.4 is 5.32 Å². The number of aromatic nitrogens is 3. The number of hydrogen-bond acceptors (Lipinski definition) is 6. The number of carbonyl (C=O) groups is 2. The van der Waals surface area contributed by atoms with E-state index in [1.807, 2.05) is 18.3 Å². The van der Waals surface area contributed by atoms with Crippen molar-refractivity contribution in [1.29, 1.82) is 0 Å². The van der Waals surface area contributed by atoms with Gasteiger partial charge in [-0.2, -0.15) is 0 Å². The lowest BCUT2D eigenvalue weighted by Gasteiger charge is -2.42. The number of rotatable bonds is 2. The third kappa shape index (κ3) is 2.56. The number of nitrogens with one attached hydrogen (secondary N) is 1. The molecule has 4 rings (SSSR count). The maximum atomic E-state index is 12.4. The number of likely N-dealkylation sites (tertiary alicyclic amines) is 1. The summed E-state index contributed by atoms with van der Waals surface area (Å²) in [5, 5.41) is 8.70. The van der Waals surface area contributed by atoms with E-state index < -0.39 is 0 Å². The Kier molecular flexibility index (Phi) is 3.76. The zero-order valence-corrected chi connectivity index (χ0v) is 13.8. The van der Waals surface area contributed by atoms with Crippen molar-refractivity contribution >= 4 is 23.3 Å². The van der Waals surface area contributed by atoms with Gasteiger partial charge in [-0.25, -0.2) is 0 Å². The molecule has 2 saturated heterocycles. The first-order valence-corrected chi connectivity index (χ1v) is 8.79. The fraction of sp³-hybridized carbons (Fsp3) is 0.438. The van der Waals surface area contributed by atoms with Gasteiger partial charge < -0.3 is 10.2 Å². The lowest BCUT2D eigenvalue weighted by molar-refractivity contribution is -0.120. The van der Waals surface area contributed by atoms with Gasteiger partial charge in [-0.05, 0) is 36.0 Å². The lowest BCUT2D eigenvalue weighted by Crippen LogP contribution is -2.54. The highest BCUT2D eigenvalue weighted by molar-refractivity contribution is 7.03. The summed E-state index contributed by atoms with van der Waals surface area (Å²) in [4.78, 5) is 30.5. The molecule has 1 N–H and O–H groups in total. The summed E-state index contributed by atoms with van der Waals surface area (Å²) in [5.74, 6) is 0.102. The molecule has 1 spiro atoms. The van der Waals surface area contributed by atoms with Gasteiger partial charge in [-0.1, -0.05) is 10.6 Å². The smallest absolute Gasteiger partial charge is 0.275 e. The normalized spacial score (nSPS) is 22.6. The molecule has 24 heavy (non-hydrogen) atoms. The van der Waals surface area contributed by atoms with Crippen LogP contribution in [-0.4, -0.2) is 49.9 Å². The molecule has 1 unspecified atom stereocenters. The lowest BCUT2D eigenvalue weighted by atomic mass is 9.74.